The van der Waals surface area contributed by atoms with Gasteiger partial charge in [0.25, 0.3) is 0 Å². The van der Waals surface area contributed by atoms with Gasteiger partial charge in [-0.15, -0.1) is 11.3 Å². The molecule has 0 aliphatic heterocycles. The van der Waals surface area contributed by atoms with Crippen LogP contribution < -0.4 is 5.73 Å². The first-order valence-corrected chi connectivity index (χ1v) is 5.16. The number of nitrogens with two attached hydrogens (primary N) is 1. The molecule has 2 N–H and O–H groups in total. The predicted molar refractivity (Wildman–Crippen MR) is 54.0 cm³/mol. The Morgan fingerprint density at radius 2 is 2.27 bits per heavy atom. The summed E-state index contributed by atoms with van der Waals surface area (Å²) in [6.07, 6.45) is 0.940. The summed E-state index contributed by atoms with van der Waals surface area (Å²) in [5.41, 5.74) is 7.08. The maximum Gasteiger partial charge on any atom is 0.0701 e. The lowest BCUT2D eigenvalue weighted by molar-refractivity contribution is 0.517. The molecule has 0 aliphatic rings. The molecule has 1 aromatic heterocycles. The first kappa shape index (κ1) is 9.23. The molecule has 0 aromatic carbocycles. The Labute approximate surface area is 79.7 Å². The van der Waals surface area contributed by atoms with Crippen molar-refractivity contribution in [3.05, 3.63) is 20.8 Å². The van der Waals surface area contributed by atoms with Gasteiger partial charge >= 0.3 is 0 Å². The molecule has 1 aromatic rings. The van der Waals surface area contributed by atoms with Crippen LogP contribution in [0.25, 0.3) is 0 Å². The van der Waals surface area contributed by atoms with E-state index in [1.165, 1.54) is 9.35 Å². The zero-order valence-electron chi connectivity index (χ0n) is 6.73. The first-order chi connectivity index (χ1) is 4.97. The van der Waals surface area contributed by atoms with E-state index in [4.69, 9.17) is 5.73 Å². The maximum atomic E-state index is 5.87. The van der Waals surface area contributed by atoms with Gasteiger partial charge in [0.2, 0.25) is 0 Å². The minimum Gasteiger partial charge on any atom is -0.325 e. The van der Waals surface area contributed by atoms with E-state index in [9.17, 15) is 0 Å². The van der Waals surface area contributed by atoms with Crippen molar-refractivity contribution in [2.24, 2.45) is 5.73 Å². The van der Waals surface area contributed by atoms with Crippen LogP contribution in [-0.4, -0.2) is 5.54 Å². The van der Waals surface area contributed by atoms with Gasteiger partial charge in [-0.05, 0) is 53.2 Å². The van der Waals surface area contributed by atoms with Crippen molar-refractivity contribution in [1.29, 1.82) is 0 Å². The van der Waals surface area contributed by atoms with Crippen molar-refractivity contribution in [3.63, 3.8) is 0 Å². The maximum absolute atomic E-state index is 5.87. The molecular weight excluding hydrogens is 222 g/mol. The van der Waals surface area contributed by atoms with E-state index >= 15 is 0 Å². The van der Waals surface area contributed by atoms with Crippen LogP contribution >= 0.6 is 27.3 Å². The number of thiophene rings is 1. The van der Waals surface area contributed by atoms with Crippen LogP contribution in [0.1, 0.15) is 19.4 Å². The number of hydrogen-bond donors (Lipinski definition) is 1. The monoisotopic (exact) mass is 233 g/mol. The summed E-state index contributed by atoms with van der Waals surface area (Å²) in [5, 5.41) is 2.14. The molecule has 0 radical (unpaired) electrons. The van der Waals surface area contributed by atoms with E-state index in [1.807, 2.05) is 13.8 Å². The number of halogens is 1. The van der Waals surface area contributed by atoms with Crippen LogP contribution in [0.5, 0.6) is 0 Å². The predicted octanol–water partition coefficient (Wildman–Crippen LogP) is 2.79. The zero-order valence-corrected chi connectivity index (χ0v) is 9.13. The molecule has 11 heavy (non-hydrogen) atoms. The third-order valence-electron chi connectivity index (χ3n) is 1.28. The van der Waals surface area contributed by atoms with Gasteiger partial charge in [0.15, 0.2) is 0 Å². The molecule has 3 heteroatoms. The van der Waals surface area contributed by atoms with Crippen molar-refractivity contribution < 1.29 is 0 Å². The first-order valence-electron chi connectivity index (χ1n) is 3.49. The Morgan fingerprint density at radius 3 is 2.64 bits per heavy atom. The van der Waals surface area contributed by atoms with Crippen molar-refractivity contribution in [2.75, 3.05) is 0 Å². The molecule has 0 amide bonds. The van der Waals surface area contributed by atoms with Gasteiger partial charge in [-0.1, -0.05) is 0 Å². The van der Waals surface area contributed by atoms with Gasteiger partial charge in [0, 0.05) is 5.54 Å². The van der Waals surface area contributed by atoms with Crippen molar-refractivity contribution in [3.8, 4) is 0 Å². The summed E-state index contributed by atoms with van der Waals surface area (Å²) in [4.78, 5) is 0. The minimum absolute atomic E-state index is 0.0967. The molecule has 0 atom stereocenters. The summed E-state index contributed by atoms with van der Waals surface area (Å²) in [7, 11) is 0. The Balaban J connectivity index is 2.65. The van der Waals surface area contributed by atoms with E-state index < -0.39 is 0 Å². The molecule has 0 aliphatic carbocycles. The summed E-state index contributed by atoms with van der Waals surface area (Å²) in [5.74, 6) is 0. The highest BCUT2D eigenvalue weighted by Crippen LogP contribution is 2.22. The lowest BCUT2D eigenvalue weighted by atomic mass is 9.98. The summed E-state index contributed by atoms with van der Waals surface area (Å²) >= 11 is 5.12. The minimum atomic E-state index is -0.0967. The molecule has 0 saturated heterocycles. The van der Waals surface area contributed by atoms with Gasteiger partial charge in [0.05, 0.1) is 3.79 Å². The van der Waals surface area contributed by atoms with E-state index in [0.717, 1.165) is 6.42 Å². The topological polar surface area (TPSA) is 26.0 Å². The van der Waals surface area contributed by atoms with E-state index in [-0.39, 0.29) is 5.54 Å². The summed E-state index contributed by atoms with van der Waals surface area (Å²) in [6, 6.07) is 2.12. The Hall–Kier alpha value is 0.140. The molecule has 62 valence electrons. The van der Waals surface area contributed by atoms with Crippen molar-refractivity contribution in [1.82, 2.24) is 0 Å². The molecule has 0 saturated carbocycles. The molecule has 1 rings (SSSR count). The van der Waals surface area contributed by atoms with Crippen LogP contribution in [0.2, 0.25) is 0 Å². The van der Waals surface area contributed by atoms with Crippen LogP contribution in [0, 0.1) is 0 Å². The Bertz CT molecular complexity index is 236. The van der Waals surface area contributed by atoms with Gasteiger partial charge in [-0.25, -0.2) is 0 Å². The third kappa shape index (κ3) is 3.36. The molecule has 1 nitrogen and oxygen atoms in total. The number of hydrogen-bond acceptors (Lipinski definition) is 2. The quantitative estimate of drug-likeness (QED) is 0.836. The van der Waals surface area contributed by atoms with Crippen molar-refractivity contribution >= 4 is 27.3 Å². The number of rotatable bonds is 2. The Kier molecular flexibility index (Phi) is 2.73. The van der Waals surface area contributed by atoms with Gasteiger partial charge in [-0.2, -0.15) is 0 Å². The van der Waals surface area contributed by atoms with Crippen molar-refractivity contribution in [2.45, 2.75) is 25.8 Å². The SMILES string of the molecule is CC(C)(N)Cc1csc(Br)c1. The second-order valence-electron chi connectivity index (χ2n) is 3.42. The summed E-state index contributed by atoms with van der Waals surface area (Å²) < 4.78 is 1.18. The molecule has 0 fully saturated rings. The van der Waals surface area contributed by atoms with E-state index in [0.29, 0.717) is 0 Å². The van der Waals surface area contributed by atoms with Gasteiger partial charge in [0.1, 0.15) is 0 Å². The van der Waals surface area contributed by atoms with Gasteiger partial charge in [-0.3, -0.25) is 0 Å². The van der Waals surface area contributed by atoms with E-state index in [2.05, 4.69) is 27.4 Å². The highest BCUT2D eigenvalue weighted by Gasteiger charge is 2.12. The fourth-order valence-electron chi connectivity index (χ4n) is 0.965. The molecule has 0 bridgehead atoms. The van der Waals surface area contributed by atoms with Gasteiger partial charge < -0.3 is 5.73 Å². The smallest absolute Gasteiger partial charge is 0.0701 e. The lowest BCUT2D eigenvalue weighted by Crippen LogP contribution is -2.34. The molecular formula is C8H12BrNS. The fraction of sp³-hybridized carbons (Fsp3) is 0.500. The second-order valence-corrected chi connectivity index (χ2v) is 5.71. The second kappa shape index (κ2) is 3.25. The van der Waals surface area contributed by atoms with Crippen LogP contribution in [-0.2, 0) is 6.42 Å². The molecule has 0 spiro atoms. The largest absolute Gasteiger partial charge is 0.325 e. The average molecular weight is 234 g/mol. The highest BCUT2D eigenvalue weighted by molar-refractivity contribution is 9.11. The van der Waals surface area contributed by atoms with Crippen LogP contribution in [0.3, 0.4) is 0 Å². The van der Waals surface area contributed by atoms with Crippen LogP contribution in [0.15, 0.2) is 15.2 Å². The molecule has 1 heterocycles. The fourth-order valence-corrected chi connectivity index (χ4v) is 2.17. The Morgan fingerprint density at radius 1 is 1.64 bits per heavy atom. The highest BCUT2D eigenvalue weighted by atomic mass is 79.9. The van der Waals surface area contributed by atoms with E-state index in [1.54, 1.807) is 11.3 Å². The normalized spacial score (nSPS) is 12.0. The third-order valence-corrected chi connectivity index (χ3v) is 2.83. The average Bonchev–Trinajstić information content (AvgIpc) is 2.10. The summed E-state index contributed by atoms with van der Waals surface area (Å²) in [6.45, 7) is 4.08. The lowest BCUT2D eigenvalue weighted by Gasteiger charge is -2.16. The van der Waals surface area contributed by atoms with Crippen LogP contribution in [0.4, 0.5) is 0 Å². The zero-order chi connectivity index (χ0) is 8.48. The molecule has 0 unspecified atom stereocenters. The standard InChI is InChI=1S/C8H12BrNS/c1-8(2,10)4-6-3-7(9)11-5-6/h3,5H,4,10H2,1-2H3.